The van der Waals surface area contributed by atoms with Gasteiger partial charge in [0.15, 0.2) is 0 Å². The fraction of sp³-hybridized carbons (Fsp3) is 0.500. The maximum atomic E-state index is 11.0. The zero-order chi connectivity index (χ0) is 17.9. The average molecular weight is 342 g/mol. The summed E-state index contributed by atoms with van der Waals surface area (Å²) in [6, 6.07) is 2.03. The molecule has 136 valence electrons. The first-order chi connectivity index (χ1) is 12.1. The first kappa shape index (κ1) is 19.3. The SMILES string of the molecule is C/C(=C\CCc1ccoc1)CC/C=C(\C)CCCC1=CCC(=O)OC1. The van der Waals surface area contributed by atoms with Crippen LogP contribution in [0.1, 0.15) is 64.4 Å². The Bertz CT molecular complexity index is 618. The Morgan fingerprint density at radius 2 is 1.92 bits per heavy atom. The van der Waals surface area contributed by atoms with Gasteiger partial charge in [-0.25, -0.2) is 0 Å². The number of ether oxygens (including phenoxy) is 1. The topological polar surface area (TPSA) is 39.4 Å². The van der Waals surface area contributed by atoms with Crippen LogP contribution in [-0.4, -0.2) is 12.6 Å². The Morgan fingerprint density at radius 1 is 1.12 bits per heavy atom. The van der Waals surface area contributed by atoms with E-state index in [1.54, 1.807) is 6.26 Å². The highest BCUT2D eigenvalue weighted by atomic mass is 16.5. The molecule has 1 aromatic rings. The fourth-order valence-electron chi connectivity index (χ4n) is 2.96. The zero-order valence-electron chi connectivity index (χ0n) is 15.6. The maximum absolute atomic E-state index is 11.0. The van der Waals surface area contributed by atoms with Gasteiger partial charge in [0.1, 0.15) is 6.61 Å². The Hall–Kier alpha value is -2.03. The molecule has 3 heteroatoms. The van der Waals surface area contributed by atoms with Crippen LogP contribution in [0, 0.1) is 0 Å². The summed E-state index contributed by atoms with van der Waals surface area (Å²) in [5.41, 5.74) is 5.45. The van der Waals surface area contributed by atoms with E-state index in [0.717, 1.165) is 44.9 Å². The predicted molar refractivity (Wildman–Crippen MR) is 101 cm³/mol. The largest absolute Gasteiger partial charge is 0.472 e. The predicted octanol–water partition coefficient (Wildman–Crippen LogP) is 5.93. The molecule has 0 N–H and O–H groups in total. The van der Waals surface area contributed by atoms with Gasteiger partial charge in [0.25, 0.3) is 0 Å². The number of allylic oxidation sites excluding steroid dienone is 4. The van der Waals surface area contributed by atoms with Gasteiger partial charge in [-0.15, -0.1) is 0 Å². The summed E-state index contributed by atoms with van der Waals surface area (Å²) in [5.74, 6) is -0.104. The zero-order valence-corrected chi connectivity index (χ0v) is 15.6. The van der Waals surface area contributed by atoms with Crippen LogP contribution in [0.25, 0.3) is 0 Å². The fourth-order valence-corrected chi connectivity index (χ4v) is 2.96. The number of carbonyl (C=O) groups is 1. The maximum Gasteiger partial charge on any atom is 0.309 e. The molecule has 2 heterocycles. The van der Waals surface area contributed by atoms with Crippen molar-refractivity contribution in [1.29, 1.82) is 0 Å². The average Bonchev–Trinajstić information content (AvgIpc) is 3.10. The number of carbonyl (C=O) groups excluding carboxylic acids is 1. The van der Waals surface area contributed by atoms with Crippen LogP contribution in [0.15, 0.2) is 58.0 Å². The van der Waals surface area contributed by atoms with Crippen molar-refractivity contribution < 1.29 is 13.9 Å². The molecule has 0 aromatic carbocycles. The molecule has 25 heavy (non-hydrogen) atoms. The molecular formula is C22H30O3. The monoisotopic (exact) mass is 342 g/mol. The van der Waals surface area contributed by atoms with Gasteiger partial charge < -0.3 is 9.15 Å². The molecule has 1 aromatic heterocycles. The van der Waals surface area contributed by atoms with E-state index in [2.05, 4.69) is 26.0 Å². The molecule has 0 aliphatic carbocycles. The summed E-state index contributed by atoms with van der Waals surface area (Å²) in [6.45, 7) is 4.92. The minimum Gasteiger partial charge on any atom is -0.472 e. The third-order valence-electron chi connectivity index (χ3n) is 4.58. The minimum absolute atomic E-state index is 0.104. The lowest BCUT2D eigenvalue weighted by Gasteiger charge is -2.13. The summed E-state index contributed by atoms with van der Waals surface area (Å²) in [4.78, 5) is 11.0. The number of hydrogen-bond acceptors (Lipinski definition) is 3. The summed E-state index contributed by atoms with van der Waals surface area (Å²) < 4.78 is 10.1. The highest BCUT2D eigenvalue weighted by Crippen LogP contribution is 2.17. The lowest BCUT2D eigenvalue weighted by molar-refractivity contribution is -0.142. The van der Waals surface area contributed by atoms with E-state index in [4.69, 9.17) is 9.15 Å². The van der Waals surface area contributed by atoms with Crippen LogP contribution in [-0.2, 0) is 16.0 Å². The van der Waals surface area contributed by atoms with Crippen LogP contribution in [0.2, 0.25) is 0 Å². The van der Waals surface area contributed by atoms with E-state index in [0.29, 0.717) is 13.0 Å². The number of rotatable bonds is 10. The van der Waals surface area contributed by atoms with Crippen molar-refractivity contribution in [1.82, 2.24) is 0 Å². The molecule has 0 unspecified atom stereocenters. The second-order valence-electron chi connectivity index (χ2n) is 6.89. The van der Waals surface area contributed by atoms with Gasteiger partial charge in [-0.2, -0.15) is 0 Å². The molecule has 3 nitrogen and oxygen atoms in total. The van der Waals surface area contributed by atoms with E-state index < -0.39 is 0 Å². The molecule has 2 rings (SSSR count). The van der Waals surface area contributed by atoms with Crippen molar-refractivity contribution in [2.45, 2.75) is 65.2 Å². The van der Waals surface area contributed by atoms with Gasteiger partial charge in [-0.1, -0.05) is 29.4 Å². The first-order valence-electron chi connectivity index (χ1n) is 9.29. The highest BCUT2D eigenvalue weighted by molar-refractivity contribution is 5.72. The number of cyclic esters (lactones) is 1. The number of furan rings is 1. The quantitative estimate of drug-likeness (QED) is 0.391. The molecule has 0 spiro atoms. The first-order valence-corrected chi connectivity index (χ1v) is 9.29. The molecule has 0 radical (unpaired) electrons. The van der Waals surface area contributed by atoms with Crippen LogP contribution in [0.5, 0.6) is 0 Å². The van der Waals surface area contributed by atoms with Crippen molar-refractivity contribution in [2.75, 3.05) is 6.61 Å². The lowest BCUT2D eigenvalue weighted by atomic mass is 10.0. The van der Waals surface area contributed by atoms with Crippen molar-refractivity contribution in [2.24, 2.45) is 0 Å². The molecule has 0 fully saturated rings. The molecule has 0 saturated carbocycles. The standard InChI is InChI=1S/C22H30O3/c1-18(8-4-10-20-12-13-22(23)25-17-20)6-3-7-19(2)9-5-11-21-14-15-24-16-21/h6,9,12,14-16H,3-5,7-8,10-11,13,17H2,1-2H3/b18-6+,19-9+. The summed E-state index contributed by atoms with van der Waals surface area (Å²) in [5, 5.41) is 0. The molecule has 0 bridgehead atoms. The molecule has 0 saturated heterocycles. The van der Waals surface area contributed by atoms with Crippen molar-refractivity contribution in [3.8, 4) is 0 Å². The summed E-state index contributed by atoms with van der Waals surface area (Å²) in [7, 11) is 0. The Kier molecular flexibility index (Phi) is 8.30. The van der Waals surface area contributed by atoms with Crippen LogP contribution >= 0.6 is 0 Å². The van der Waals surface area contributed by atoms with Gasteiger partial charge in [-0.05, 0) is 76.0 Å². The summed E-state index contributed by atoms with van der Waals surface area (Å²) >= 11 is 0. The second kappa shape index (κ2) is 10.8. The van der Waals surface area contributed by atoms with Gasteiger partial charge in [-0.3, -0.25) is 4.79 Å². The normalized spacial score (nSPS) is 15.9. The smallest absolute Gasteiger partial charge is 0.309 e. The van der Waals surface area contributed by atoms with Crippen LogP contribution < -0.4 is 0 Å². The van der Waals surface area contributed by atoms with Crippen molar-refractivity contribution >= 4 is 5.97 Å². The lowest BCUT2D eigenvalue weighted by Crippen LogP contribution is -2.12. The van der Waals surface area contributed by atoms with Gasteiger partial charge in [0.2, 0.25) is 0 Å². The van der Waals surface area contributed by atoms with Crippen molar-refractivity contribution in [3.63, 3.8) is 0 Å². The molecular weight excluding hydrogens is 312 g/mol. The molecule has 0 amide bonds. The molecule has 0 atom stereocenters. The van der Waals surface area contributed by atoms with Crippen LogP contribution in [0.3, 0.4) is 0 Å². The van der Waals surface area contributed by atoms with E-state index in [1.807, 2.05) is 18.4 Å². The summed E-state index contributed by atoms with van der Waals surface area (Å²) in [6.07, 6.45) is 18.4. The van der Waals surface area contributed by atoms with Gasteiger partial charge in [0.05, 0.1) is 18.9 Å². The number of hydrogen-bond donors (Lipinski definition) is 0. The molecule has 1 aliphatic rings. The van der Waals surface area contributed by atoms with Crippen LogP contribution in [0.4, 0.5) is 0 Å². The number of esters is 1. The Morgan fingerprint density at radius 3 is 2.64 bits per heavy atom. The van der Waals surface area contributed by atoms with Gasteiger partial charge >= 0.3 is 5.97 Å². The minimum atomic E-state index is -0.104. The van der Waals surface area contributed by atoms with E-state index in [-0.39, 0.29) is 5.97 Å². The second-order valence-corrected chi connectivity index (χ2v) is 6.89. The third-order valence-corrected chi connectivity index (χ3v) is 4.58. The van der Waals surface area contributed by atoms with Gasteiger partial charge in [0, 0.05) is 0 Å². The Balaban J connectivity index is 1.57. The van der Waals surface area contributed by atoms with E-state index in [9.17, 15) is 4.79 Å². The Labute approximate surface area is 151 Å². The molecule has 1 aliphatic heterocycles. The number of aryl methyl sites for hydroxylation is 1. The third kappa shape index (κ3) is 8.06. The highest BCUT2D eigenvalue weighted by Gasteiger charge is 2.10. The van der Waals surface area contributed by atoms with E-state index in [1.165, 1.54) is 22.3 Å². The van der Waals surface area contributed by atoms with E-state index >= 15 is 0 Å². The van der Waals surface area contributed by atoms with Crippen molar-refractivity contribution in [3.05, 3.63) is 59.1 Å².